The summed E-state index contributed by atoms with van der Waals surface area (Å²) in [7, 11) is 4.10. The molecule has 1 fully saturated rings. The number of carbonyl (C=O) groups is 1. The maximum absolute atomic E-state index is 12.1. The van der Waals surface area contributed by atoms with E-state index in [-0.39, 0.29) is 17.9 Å². The van der Waals surface area contributed by atoms with Crippen molar-refractivity contribution < 1.29 is 4.79 Å². The Hall–Kier alpha value is -1.42. The van der Waals surface area contributed by atoms with Gasteiger partial charge in [0.1, 0.15) is 0 Å². The molecular weight excluding hydrogens is 238 g/mol. The quantitative estimate of drug-likeness (QED) is 0.847. The smallest absolute Gasteiger partial charge is 0.223 e. The van der Waals surface area contributed by atoms with E-state index in [4.69, 9.17) is 0 Å². The molecule has 0 aromatic carbocycles. The predicted octanol–water partition coefficient (Wildman–Crippen LogP) is 1.64. The lowest BCUT2D eigenvalue weighted by molar-refractivity contribution is -0.123. The Morgan fingerprint density at radius 1 is 1.58 bits per heavy atom. The number of nitrogens with one attached hydrogen (secondary N) is 1. The molecule has 2 rings (SSSR count). The molecule has 1 aromatic rings. The Kier molecular flexibility index (Phi) is 4.53. The Balaban J connectivity index is 1.77. The molecule has 19 heavy (non-hydrogen) atoms. The molecule has 0 radical (unpaired) electrons. The van der Waals surface area contributed by atoms with E-state index in [1.165, 1.54) is 5.56 Å². The van der Waals surface area contributed by atoms with Crippen molar-refractivity contribution in [2.45, 2.75) is 31.7 Å². The van der Waals surface area contributed by atoms with Crippen LogP contribution < -0.4 is 5.32 Å². The van der Waals surface area contributed by atoms with Crippen LogP contribution in [0.25, 0.3) is 0 Å². The molecule has 1 heterocycles. The summed E-state index contributed by atoms with van der Waals surface area (Å²) in [4.78, 5) is 18.3. The van der Waals surface area contributed by atoms with Crippen molar-refractivity contribution in [1.29, 1.82) is 0 Å². The third-order valence-electron chi connectivity index (χ3n) is 3.64. The Morgan fingerprint density at radius 2 is 2.37 bits per heavy atom. The molecule has 0 spiro atoms. The topological polar surface area (TPSA) is 45.2 Å². The van der Waals surface area contributed by atoms with Crippen LogP contribution >= 0.6 is 0 Å². The minimum atomic E-state index is 0.144. The van der Waals surface area contributed by atoms with Crippen molar-refractivity contribution in [3.63, 3.8) is 0 Å². The lowest BCUT2D eigenvalue weighted by Crippen LogP contribution is -2.36. The van der Waals surface area contributed by atoms with Gasteiger partial charge in [0, 0.05) is 24.4 Å². The molecule has 4 nitrogen and oxygen atoms in total. The first-order valence-corrected chi connectivity index (χ1v) is 6.93. The van der Waals surface area contributed by atoms with Gasteiger partial charge in [-0.2, -0.15) is 0 Å². The predicted molar refractivity (Wildman–Crippen MR) is 75.9 cm³/mol. The lowest BCUT2D eigenvalue weighted by Gasteiger charge is -2.16. The van der Waals surface area contributed by atoms with Crippen molar-refractivity contribution in [2.75, 3.05) is 20.6 Å². The van der Waals surface area contributed by atoms with E-state index in [0.29, 0.717) is 5.92 Å². The monoisotopic (exact) mass is 261 g/mol. The highest BCUT2D eigenvalue weighted by Crippen LogP contribution is 2.47. The van der Waals surface area contributed by atoms with Crippen LogP contribution in [0.15, 0.2) is 24.5 Å². The molecule has 1 N–H and O–H groups in total. The fourth-order valence-corrected chi connectivity index (χ4v) is 2.32. The number of hydrogen-bond donors (Lipinski definition) is 1. The van der Waals surface area contributed by atoms with E-state index < -0.39 is 0 Å². The van der Waals surface area contributed by atoms with Gasteiger partial charge >= 0.3 is 0 Å². The molecule has 0 unspecified atom stereocenters. The largest absolute Gasteiger partial charge is 0.353 e. The third-order valence-corrected chi connectivity index (χ3v) is 3.64. The standard InChI is InChI=1S/C15H23N3O/c1-11(6-8-18(2)3)17-15(19)14-9-13(14)12-5-4-7-16-10-12/h4-5,7,10-11,13-14H,6,8-9H2,1-3H3,(H,17,19)/t11-,13-,14-/m1/s1. The summed E-state index contributed by atoms with van der Waals surface area (Å²) in [5.74, 6) is 0.709. The molecule has 1 saturated carbocycles. The van der Waals surface area contributed by atoms with Gasteiger partial charge < -0.3 is 10.2 Å². The fourth-order valence-electron chi connectivity index (χ4n) is 2.32. The van der Waals surface area contributed by atoms with Crippen molar-refractivity contribution in [3.8, 4) is 0 Å². The highest BCUT2D eigenvalue weighted by Gasteiger charge is 2.44. The first-order chi connectivity index (χ1) is 9.08. The highest BCUT2D eigenvalue weighted by molar-refractivity contribution is 5.83. The van der Waals surface area contributed by atoms with Gasteiger partial charge in [0.05, 0.1) is 0 Å². The number of amides is 1. The summed E-state index contributed by atoms with van der Waals surface area (Å²) in [5, 5.41) is 3.11. The molecule has 1 aliphatic rings. The molecular formula is C15H23N3O. The van der Waals surface area contributed by atoms with Crippen LogP contribution in [0.2, 0.25) is 0 Å². The number of rotatable bonds is 6. The van der Waals surface area contributed by atoms with Crippen LogP contribution in [0.4, 0.5) is 0 Å². The van der Waals surface area contributed by atoms with Gasteiger partial charge in [-0.1, -0.05) is 6.07 Å². The second kappa shape index (κ2) is 6.15. The van der Waals surface area contributed by atoms with Crippen LogP contribution in [0.5, 0.6) is 0 Å². The van der Waals surface area contributed by atoms with Crippen molar-refractivity contribution in [1.82, 2.24) is 15.2 Å². The SMILES string of the molecule is C[C@H](CCN(C)C)NC(=O)[C@@H]1C[C@@H]1c1cccnc1. The summed E-state index contributed by atoms with van der Waals surface area (Å²) >= 11 is 0. The molecule has 1 aliphatic carbocycles. The Bertz CT molecular complexity index is 419. The second-order valence-electron chi connectivity index (χ2n) is 5.74. The molecule has 4 heteroatoms. The van der Waals surface area contributed by atoms with E-state index in [2.05, 4.69) is 28.2 Å². The molecule has 0 aliphatic heterocycles. The van der Waals surface area contributed by atoms with E-state index in [1.807, 2.05) is 26.4 Å². The van der Waals surface area contributed by atoms with Gasteiger partial charge in [0.25, 0.3) is 0 Å². The zero-order valence-corrected chi connectivity index (χ0v) is 12.0. The molecule has 3 atom stereocenters. The zero-order chi connectivity index (χ0) is 13.8. The maximum Gasteiger partial charge on any atom is 0.223 e. The van der Waals surface area contributed by atoms with Crippen LogP contribution in [0.1, 0.15) is 31.2 Å². The average molecular weight is 261 g/mol. The number of pyridine rings is 1. The van der Waals surface area contributed by atoms with E-state index >= 15 is 0 Å². The van der Waals surface area contributed by atoms with Gasteiger partial charge in [-0.3, -0.25) is 9.78 Å². The van der Waals surface area contributed by atoms with Crippen LogP contribution in [0.3, 0.4) is 0 Å². The number of hydrogen-bond acceptors (Lipinski definition) is 3. The van der Waals surface area contributed by atoms with Gasteiger partial charge in [-0.05, 0) is 58.0 Å². The first kappa shape index (κ1) is 14.0. The Morgan fingerprint density at radius 3 is 3.00 bits per heavy atom. The summed E-state index contributed by atoms with van der Waals surface area (Å²) < 4.78 is 0. The molecule has 1 aromatic heterocycles. The minimum Gasteiger partial charge on any atom is -0.353 e. The van der Waals surface area contributed by atoms with E-state index in [1.54, 1.807) is 6.20 Å². The summed E-state index contributed by atoms with van der Waals surface area (Å²) in [5.41, 5.74) is 1.18. The van der Waals surface area contributed by atoms with Crippen molar-refractivity contribution in [3.05, 3.63) is 30.1 Å². The normalized spacial score (nSPS) is 23.2. The summed E-state index contributed by atoms with van der Waals surface area (Å²) in [6.07, 6.45) is 5.58. The summed E-state index contributed by atoms with van der Waals surface area (Å²) in [6, 6.07) is 4.23. The van der Waals surface area contributed by atoms with Crippen LogP contribution in [-0.2, 0) is 4.79 Å². The van der Waals surface area contributed by atoms with E-state index in [9.17, 15) is 4.79 Å². The number of carbonyl (C=O) groups excluding carboxylic acids is 1. The Labute approximate surface area is 115 Å². The molecule has 0 saturated heterocycles. The van der Waals surface area contributed by atoms with Crippen molar-refractivity contribution >= 4 is 5.91 Å². The van der Waals surface area contributed by atoms with Gasteiger partial charge in [0.2, 0.25) is 5.91 Å². The molecule has 1 amide bonds. The van der Waals surface area contributed by atoms with Crippen molar-refractivity contribution in [2.24, 2.45) is 5.92 Å². The minimum absolute atomic E-state index is 0.144. The van der Waals surface area contributed by atoms with E-state index in [0.717, 1.165) is 19.4 Å². The second-order valence-corrected chi connectivity index (χ2v) is 5.74. The fraction of sp³-hybridized carbons (Fsp3) is 0.600. The first-order valence-electron chi connectivity index (χ1n) is 6.93. The van der Waals surface area contributed by atoms with Gasteiger partial charge in [0.15, 0.2) is 0 Å². The average Bonchev–Trinajstić information content (AvgIpc) is 3.18. The molecule has 104 valence electrons. The maximum atomic E-state index is 12.1. The third kappa shape index (κ3) is 4.03. The van der Waals surface area contributed by atoms with Crippen LogP contribution in [0, 0.1) is 5.92 Å². The lowest BCUT2D eigenvalue weighted by atomic mass is 10.1. The molecule has 0 bridgehead atoms. The van der Waals surface area contributed by atoms with Gasteiger partial charge in [-0.25, -0.2) is 0 Å². The van der Waals surface area contributed by atoms with Gasteiger partial charge in [-0.15, -0.1) is 0 Å². The van der Waals surface area contributed by atoms with Crippen LogP contribution in [-0.4, -0.2) is 42.5 Å². The number of aromatic nitrogens is 1. The highest BCUT2D eigenvalue weighted by atomic mass is 16.2. The zero-order valence-electron chi connectivity index (χ0n) is 12.0. The number of nitrogens with zero attached hydrogens (tertiary/aromatic N) is 2. The summed E-state index contributed by atoms with van der Waals surface area (Å²) in [6.45, 7) is 3.07.